The van der Waals surface area contributed by atoms with Crippen molar-refractivity contribution in [2.75, 3.05) is 34.5 Å². The first-order valence-corrected chi connectivity index (χ1v) is 5.57. The van der Waals surface area contributed by atoms with Crippen LogP contribution in [0.3, 0.4) is 0 Å². The highest BCUT2D eigenvalue weighted by molar-refractivity contribution is 4.87. The SMILES string of the molecule is COC[C@H]1O[C@H](CCO)C[C@@H](OC)[C@@H]1OC. The molecule has 16 heavy (non-hydrogen) atoms. The molecular formula is C11H22O5. The zero-order valence-electron chi connectivity index (χ0n) is 10.2. The maximum absolute atomic E-state index is 8.93. The molecule has 96 valence electrons. The van der Waals surface area contributed by atoms with Crippen LogP contribution in [0.15, 0.2) is 0 Å². The Balaban J connectivity index is 2.62. The van der Waals surface area contributed by atoms with Gasteiger partial charge in [0, 0.05) is 34.4 Å². The summed E-state index contributed by atoms with van der Waals surface area (Å²) in [6.07, 6.45) is 1.13. The molecule has 0 spiro atoms. The minimum Gasteiger partial charge on any atom is -0.396 e. The molecule has 0 aromatic heterocycles. The predicted molar refractivity (Wildman–Crippen MR) is 58.5 cm³/mol. The van der Waals surface area contributed by atoms with E-state index in [1.54, 1.807) is 21.3 Å². The standard InChI is InChI=1S/C11H22O5/c1-13-7-10-11(15-3)9(14-2)6-8(16-10)4-5-12/h8-12H,4-7H2,1-3H3/t8-,9-,10-,11+/m1/s1. The minimum absolute atomic E-state index is 0.00421. The van der Waals surface area contributed by atoms with E-state index in [0.29, 0.717) is 13.0 Å². The fourth-order valence-corrected chi connectivity index (χ4v) is 2.18. The molecule has 0 aromatic carbocycles. The average molecular weight is 234 g/mol. The third-order valence-corrected chi connectivity index (χ3v) is 2.95. The number of aliphatic hydroxyl groups is 1. The van der Waals surface area contributed by atoms with Gasteiger partial charge in [-0.05, 0) is 6.42 Å². The lowest BCUT2D eigenvalue weighted by molar-refractivity contribution is -0.200. The Morgan fingerprint density at radius 1 is 1.25 bits per heavy atom. The van der Waals surface area contributed by atoms with Gasteiger partial charge in [0.2, 0.25) is 0 Å². The highest BCUT2D eigenvalue weighted by atomic mass is 16.6. The maximum Gasteiger partial charge on any atom is 0.112 e. The second-order valence-corrected chi connectivity index (χ2v) is 3.97. The van der Waals surface area contributed by atoms with Gasteiger partial charge in [0.25, 0.3) is 0 Å². The van der Waals surface area contributed by atoms with Gasteiger partial charge in [0.15, 0.2) is 0 Å². The van der Waals surface area contributed by atoms with Crippen LogP contribution in [0.1, 0.15) is 12.8 Å². The van der Waals surface area contributed by atoms with Gasteiger partial charge in [-0.3, -0.25) is 0 Å². The van der Waals surface area contributed by atoms with E-state index in [1.165, 1.54) is 0 Å². The first kappa shape index (κ1) is 13.9. The van der Waals surface area contributed by atoms with Gasteiger partial charge in [0.05, 0.1) is 18.8 Å². The predicted octanol–water partition coefficient (Wildman–Crippen LogP) is 0.203. The molecule has 4 atom stereocenters. The third-order valence-electron chi connectivity index (χ3n) is 2.95. The molecule has 1 rings (SSSR count). The van der Waals surface area contributed by atoms with Crippen LogP contribution < -0.4 is 0 Å². The summed E-state index contributed by atoms with van der Waals surface area (Å²) in [7, 11) is 4.95. The van der Waals surface area contributed by atoms with Crippen molar-refractivity contribution in [3.63, 3.8) is 0 Å². The first-order chi connectivity index (χ1) is 7.76. The molecule has 5 nitrogen and oxygen atoms in total. The van der Waals surface area contributed by atoms with Crippen molar-refractivity contribution in [2.24, 2.45) is 0 Å². The van der Waals surface area contributed by atoms with Crippen molar-refractivity contribution >= 4 is 0 Å². The molecule has 1 heterocycles. The molecule has 0 aliphatic carbocycles. The van der Waals surface area contributed by atoms with E-state index in [1.807, 2.05) is 0 Å². The molecule has 1 N–H and O–H groups in total. The van der Waals surface area contributed by atoms with Crippen molar-refractivity contribution in [1.82, 2.24) is 0 Å². The second kappa shape index (κ2) is 7.19. The number of aliphatic hydroxyl groups excluding tert-OH is 1. The summed E-state index contributed by atoms with van der Waals surface area (Å²) in [5.74, 6) is 0. The van der Waals surface area contributed by atoms with Gasteiger partial charge < -0.3 is 24.1 Å². The molecule has 5 heteroatoms. The van der Waals surface area contributed by atoms with Crippen molar-refractivity contribution in [3.05, 3.63) is 0 Å². The topological polar surface area (TPSA) is 57.2 Å². The fourth-order valence-electron chi connectivity index (χ4n) is 2.18. The molecule has 1 fully saturated rings. The van der Waals surface area contributed by atoms with Gasteiger partial charge in [-0.2, -0.15) is 0 Å². The van der Waals surface area contributed by atoms with Crippen LogP contribution in [0.25, 0.3) is 0 Å². The Hall–Kier alpha value is -0.200. The quantitative estimate of drug-likeness (QED) is 0.711. The van der Waals surface area contributed by atoms with Crippen LogP contribution in [0.4, 0.5) is 0 Å². The van der Waals surface area contributed by atoms with Crippen molar-refractivity contribution in [2.45, 2.75) is 37.3 Å². The van der Waals surface area contributed by atoms with Crippen molar-refractivity contribution < 1.29 is 24.1 Å². The summed E-state index contributed by atoms with van der Waals surface area (Å²) in [6, 6.07) is 0. The Morgan fingerprint density at radius 3 is 2.50 bits per heavy atom. The highest BCUT2D eigenvalue weighted by Gasteiger charge is 2.38. The number of hydrogen-bond donors (Lipinski definition) is 1. The lowest BCUT2D eigenvalue weighted by Gasteiger charge is -2.40. The van der Waals surface area contributed by atoms with Crippen LogP contribution in [-0.4, -0.2) is 64.1 Å². The molecule has 0 amide bonds. The molecule has 1 aliphatic rings. The van der Waals surface area contributed by atoms with E-state index >= 15 is 0 Å². The van der Waals surface area contributed by atoms with E-state index in [4.69, 9.17) is 24.1 Å². The van der Waals surface area contributed by atoms with Crippen LogP contribution >= 0.6 is 0 Å². The summed E-state index contributed by atoms with van der Waals surface area (Å²) < 4.78 is 21.7. The molecule has 0 saturated carbocycles. The number of hydrogen-bond acceptors (Lipinski definition) is 5. The van der Waals surface area contributed by atoms with Gasteiger partial charge in [-0.15, -0.1) is 0 Å². The number of methoxy groups -OCH3 is 3. The molecular weight excluding hydrogens is 212 g/mol. The Labute approximate surface area is 96.6 Å². The number of rotatable bonds is 6. The van der Waals surface area contributed by atoms with E-state index in [0.717, 1.165) is 6.42 Å². The zero-order chi connectivity index (χ0) is 12.0. The Bertz CT molecular complexity index is 187. The molecule has 0 aromatic rings. The maximum atomic E-state index is 8.93. The van der Waals surface area contributed by atoms with Crippen LogP contribution in [-0.2, 0) is 18.9 Å². The smallest absolute Gasteiger partial charge is 0.112 e. The van der Waals surface area contributed by atoms with E-state index in [-0.39, 0.29) is 31.0 Å². The average Bonchev–Trinajstić information content (AvgIpc) is 2.29. The van der Waals surface area contributed by atoms with Gasteiger partial charge >= 0.3 is 0 Å². The summed E-state index contributed by atoms with van der Waals surface area (Å²) in [5, 5.41) is 8.93. The largest absolute Gasteiger partial charge is 0.396 e. The summed E-state index contributed by atoms with van der Waals surface area (Å²) >= 11 is 0. The van der Waals surface area contributed by atoms with E-state index in [2.05, 4.69) is 0 Å². The Morgan fingerprint density at radius 2 is 2.00 bits per heavy atom. The van der Waals surface area contributed by atoms with Gasteiger partial charge in [-0.1, -0.05) is 0 Å². The third kappa shape index (κ3) is 3.40. The summed E-state index contributed by atoms with van der Waals surface area (Å²) in [6.45, 7) is 0.596. The Kier molecular flexibility index (Phi) is 6.23. The lowest BCUT2D eigenvalue weighted by atomic mass is 9.96. The highest BCUT2D eigenvalue weighted by Crippen LogP contribution is 2.26. The zero-order valence-corrected chi connectivity index (χ0v) is 10.2. The normalized spacial score (nSPS) is 35.2. The fraction of sp³-hybridized carbons (Fsp3) is 1.00. The molecule has 0 radical (unpaired) electrons. The van der Waals surface area contributed by atoms with Crippen LogP contribution in [0.5, 0.6) is 0 Å². The molecule has 1 saturated heterocycles. The number of ether oxygens (including phenoxy) is 4. The minimum atomic E-state index is -0.134. The van der Waals surface area contributed by atoms with Gasteiger partial charge in [-0.25, -0.2) is 0 Å². The van der Waals surface area contributed by atoms with Crippen LogP contribution in [0.2, 0.25) is 0 Å². The monoisotopic (exact) mass is 234 g/mol. The van der Waals surface area contributed by atoms with E-state index < -0.39 is 0 Å². The van der Waals surface area contributed by atoms with E-state index in [9.17, 15) is 0 Å². The van der Waals surface area contributed by atoms with Crippen molar-refractivity contribution in [1.29, 1.82) is 0 Å². The lowest BCUT2D eigenvalue weighted by Crippen LogP contribution is -2.51. The molecule has 0 unspecified atom stereocenters. The summed E-state index contributed by atoms with van der Waals surface area (Å²) in [5.41, 5.74) is 0. The van der Waals surface area contributed by atoms with Crippen molar-refractivity contribution in [3.8, 4) is 0 Å². The van der Waals surface area contributed by atoms with Gasteiger partial charge in [0.1, 0.15) is 12.2 Å². The molecule has 1 aliphatic heterocycles. The summed E-state index contributed by atoms with van der Waals surface area (Å²) in [4.78, 5) is 0. The van der Waals surface area contributed by atoms with Crippen LogP contribution in [0, 0.1) is 0 Å². The molecule has 0 bridgehead atoms. The second-order valence-electron chi connectivity index (χ2n) is 3.97. The first-order valence-electron chi connectivity index (χ1n) is 5.57.